The second kappa shape index (κ2) is 6.76. The number of carbonyl (C=O) groups is 2. The summed E-state index contributed by atoms with van der Waals surface area (Å²) >= 11 is 0. The number of imide groups is 1. The van der Waals surface area contributed by atoms with Crippen molar-refractivity contribution in [1.29, 1.82) is 5.26 Å². The molecule has 4 nitrogen and oxygen atoms in total. The summed E-state index contributed by atoms with van der Waals surface area (Å²) in [5.41, 5.74) is 4.23. The molecule has 0 saturated carbocycles. The molecule has 1 aliphatic heterocycles. The molecule has 2 amide bonds. The summed E-state index contributed by atoms with van der Waals surface area (Å²) in [7, 11) is 0. The van der Waals surface area contributed by atoms with Crippen molar-refractivity contribution >= 4 is 17.5 Å². The Morgan fingerprint density at radius 3 is 2.04 bits per heavy atom. The molecular weight excluding hydrogens is 324 g/mol. The molecule has 0 aliphatic carbocycles. The molecule has 0 atom stereocenters. The van der Waals surface area contributed by atoms with E-state index in [2.05, 4.69) is 33.8 Å². The normalized spacial score (nSPS) is 13.5. The Labute approximate surface area is 154 Å². The van der Waals surface area contributed by atoms with E-state index in [0.29, 0.717) is 16.8 Å². The maximum Gasteiger partial charge on any atom is 0.266 e. The number of benzene rings is 2. The average Bonchev–Trinajstić information content (AvgIpc) is 2.85. The first-order chi connectivity index (χ1) is 12.4. The van der Waals surface area contributed by atoms with E-state index < -0.39 is 0 Å². The second-order valence-corrected chi connectivity index (χ2v) is 7.26. The number of hydrogen-bond donors (Lipinski definition) is 0. The van der Waals surface area contributed by atoms with Crippen LogP contribution in [-0.2, 0) is 6.42 Å². The molecule has 0 unspecified atom stereocenters. The second-order valence-electron chi connectivity index (χ2n) is 7.26. The predicted molar refractivity (Wildman–Crippen MR) is 102 cm³/mol. The van der Waals surface area contributed by atoms with E-state index in [1.165, 1.54) is 4.90 Å². The van der Waals surface area contributed by atoms with Crippen LogP contribution in [0, 0.1) is 11.3 Å². The van der Waals surface area contributed by atoms with Crippen LogP contribution in [0.15, 0.2) is 36.4 Å². The third-order valence-corrected chi connectivity index (χ3v) is 4.80. The molecule has 4 heteroatoms. The zero-order valence-electron chi connectivity index (χ0n) is 15.5. The van der Waals surface area contributed by atoms with Gasteiger partial charge in [0.05, 0.1) is 29.3 Å². The fourth-order valence-corrected chi connectivity index (χ4v) is 3.46. The number of hydrogen-bond acceptors (Lipinski definition) is 3. The quantitative estimate of drug-likeness (QED) is 0.747. The highest BCUT2D eigenvalue weighted by Gasteiger charge is 2.39. The molecule has 1 heterocycles. The summed E-state index contributed by atoms with van der Waals surface area (Å²) in [5.74, 6) is -0.229. The van der Waals surface area contributed by atoms with Crippen molar-refractivity contribution < 1.29 is 9.59 Å². The highest BCUT2D eigenvalue weighted by molar-refractivity contribution is 6.35. The first kappa shape index (κ1) is 17.9. The van der Waals surface area contributed by atoms with Crippen LogP contribution >= 0.6 is 0 Å². The summed E-state index contributed by atoms with van der Waals surface area (Å²) in [4.78, 5) is 27.5. The predicted octanol–water partition coefficient (Wildman–Crippen LogP) is 4.80. The molecule has 0 spiro atoms. The van der Waals surface area contributed by atoms with Crippen molar-refractivity contribution in [3.8, 4) is 6.07 Å². The molecule has 3 rings (SSSR count). The number of para-hydroxylation sites is 1. The van der Waals surface area contributed by atoms with Gasteiger partial charge in [-0.15, -0.1) is 0 Å². The summed E-state index contributed by atoms with van der Waals surface area (Å²) in [6, 6.07) is 13.1. The van der Waals surface area contributed by atoms with E-state index >= 15 is 0 Å². The Hall–Kier alpha value is -2.93. The smallest absolute Gasteiger partial charge is 0.266 e. The van der Waals surface area contributed by atoms with Crippen LogP contribution in [-0.4, -0.2) is 11.8 Å². The molecule has 2 aromatic carbocycles. The SMILES string of the molecule is CC(C)c1cccc(C(C)C)c1N1C(=O)c2ccc(CC#N)cc2C1=O. The van der Waals surface area contributed by atoms with Crippen LogP contribution in [0.25, 0.3) is 0 Å². The van der Waals surface area contributed by atoms with Crippen molar-refractivity contribution in [2.45, 2.75) is 46.0 Å². The zero-order valence-corrected chi connectivity index (χ0v) is 15.5. The molecule has 0 bridgehead atoms. The fraction of sp³-hybridized carbons (Fsp3) is 0.318. The van der Waals surface area contributed by atoms with Gasteiger partial charge in [-0.1, -0.05) is 52.0 Å². The number of nitrogens with zero attached hydrogens (tertiary/aromatic N) is 2. The highest BCUT2D eigenvalue weighted by atomic mass is 16.2. The van der Waals surface area contributed by atoms with E-state index in [4.69, 9.17) is 5.26 Å². The maximum atomic E-state index is 13.1. The molecule has 132 valence electrons. The van der Waals surface area contributed by atoms with Gasteiger partial charge in [-0.3, -0.25) is 9.59 Å². The molecule has 26 heavy (non-hydrogen) atoms. The number of rotatable bonds is 4. The van der Waals surface area contributed by atoms with Gasteiger partial charge in [0.1, 0.15) is 0 Å². The van der Waals surface area contributed by atoms with Crippen LogP contribution in [0.3, 0.4) is 0 Å². The molecule has 0 fully saturated rings. The van der Waals surface area contributed by atoms with Crippen LogP contribution in [0.4, 0.5) is 5.69 Å². The largest absolute Gasteiger partial charge is 0.268 e. The zero-order chi connectivity index (χ0) is 19.0. The van der Waals surface area contributed by atoms with Gasteiger partial charge in [0.15, 0.2) is 0 Å². The number of amides is 2. The number of fused-ring (bicyclic) bond motifs is 1. The summed E-state index contributed by atoms with van der Waals surface area (Å²) in [6.07, 6.45) is 0.217. The van der Waals surface area contributed by atoms with Gasteiger partial charge in [0.25, 0.3) is 11.8 Å². The van der Waals surface area contributed by atoms with Gasteiger partial charge in [0.2, 0.25) is 0 Å². The Kier molecular flexibility index (Phi) is 4.65. The van der Waals surface area contributed by atoms with Gasteiger partial charge in [-0.25, -0.2) is 4.90 Å². The van der Waals surface area contributed by atoms with Gasteiger partial charge >= 0.3 is 0 Å². The minimum absolute atomic E-state index is 0.183. The lowest BCUT2D eigenvalue weighted by atomic mass is 9.92. The summed E-state index contributed by atoms with van der Waals surface area (Å²) in [6.45, 7) is 8.25. The summed E-state index contributed by atoms with van der Waals surface area (Å²) in [5, 5.41) is 8.90. The van der Waals surface area contributed by atoms with Gasteiger partial charge in [-0.05, 0) is 40.7 Å². The topological polar surface area (TPSA) is 61.2 Å². The highest BCUT2D eigenvalue weighted by Crippen LogP contribution is 2.39. The molecule has 0 radical (unpaired) electrons. The lowest BCUT2D eigenvalue weighted by Crippen LogP contribution is -2.31. The number of nitriles is 1. The van der Waals surface area contributed by atoms with Gasteiger partial charge in [0, 0.05) is 0 Å². The Bertz CT molecular complexity index is 909. The monoisotopic (exact) mass is 346 g/mol. The number of carbonyl (C=O) groups excluding carboxylic acids is 2. The van der Waals surface area contributed by atoms with E-state index in [1.807, 2.05) is 18.2 Å². The molecule has 2 aromatic rings. The third-order valence-electron chi connectivity index (χ3n) is 4.80. The van der Waals surface area contributed by atoms with Crippen molar-refractivity contribution in [3.63, 3.8) is 0 Å². The van der Waals surface area contributed by atoms with Crippen LogP contribution in [0.1, 0.15) is 76.9 Å². The van der Waals surface area contributed by atoms with Crippen molar-refractivity contribution in [1.82, 2.24) is 0 Å². The molecular formula is C22H22N2O2. The lowest BCUT2D eigenvalue weighted by molar-refractivity contribution is 0.0925. The number of anilines is 1. The van der Waals surface area contributed by atoms with Crippen molar-refractivity contribution in [3.05, 3.63) is 64.2 Å². The summed E-state index contributed by atoms with van der Waals surface area (Å²) < 4.78 is 0. The van der Waals surface area contributed by atoms with E-state index in [9.17, 15) is 9.59 Å². The Balaban J connectivity index is 2.19. The molecule has 0 aromatic heterocycles. The fourth-order valence-electron chi connectivity index (χ4n) is 3.46. The van der Waals surface area contributed by atoms with Gasteiger partial charge < -0.3 is 0 Å². The Morgan fingerprint density at radius 2 is 1.50 bits per heavy atom. The average molecular weight is 346 g/mol. The third kappa shape index (κ3) is 2.80. The van der Waals surface area contributed by atoms with Crippen LogP contribution < -0.4 is 4.90 Å². The Morgan fingerprint density at radius 1 is 0.923 bits per heavy atom. The molecule has 0 saturated heterocycles. The maximum absolute atomic E-state index is 13.1. The van der Waals surface area contributed by atoms with Crippen molar-refractivity contribution in [2.24, 2.45) is 0 Å². The first-order valence-electron chi connectivity index (χ1n) is 8.88. The van der Waals surface area contributed by atoms with E-state index in [0.717, 1.165) is 16.7 Å². The molecule has 0 N–H and O–H groups in total. The minimum Gasteiger partial charge on any atom is -0.268 e. The standard InChI is InChI=1S/C22H22N2O2/c1-13(2)16-6-5-7-17(14(3)4)20(16)24-21(25)18-9-8-15(10-11-23)12-19(18)22(24)26/h5-9,12-14H,10H2,1-4H3. The van der Waals surface area contributed by atoms with E-state index in [-0.39, 0.29) is 30.1 Å². The van der Waals surface area contributed by atoms with Crippen molar-refractivity contribution in [2.75, 3.05) is 4.90 Å². The first-order valence-corrected chi connectivity index (χ1v) is 8.88. The van der Waals surface area contributed by atoms with Crippen LogP contribution in [0.2, 0.25) is 0 Å². The lowest BCUT2D eigenvalue weighted by Gasteiger charge is -2.25. The van der Waals surface area contributed by atoms with Gasteiger partial charge in [-0.2, -0.15) is 5.26 Å². The molecule has 1 aliphatic rings. The van der Waals surface area contributed by atoms with E-state index in [1.54, 1.807) is 18.2 Å². The minimum atomic E-state index is -0.306. The van der Waals surface area contributed by atoms with Crippen LogP contribution in [0.5, 0.6) is 0 Å².